The molecule has 1 amide bonds. The third-order valence-corrected chi connectivity index (χ3v) is 2.43. The van der Waals surface area contributed by atoms with Crippen molar-refractivity contribution >= 4 is 5.91 Å². The summed E-state index contributed by atoms with van der Waals surface area (Å²) in [5.41, 5.74) is 0. The summed E-state index contributed by atoms with van der Waals surface area (Å²) < 4.78 is 5.19. The summed E-state index contributed by atoms with van der Waals surface area (Å²) in [5.74, 6) is 1.69. The van der Waals surface area contributed by atoms with Crippen molar-refractivity contribution in [2.45, 2.75) is 33.1 Å². The average molecular weight is 198 g/mol. The fraction of sp³-hybridized carbons (Fsp3) is 0.818. The van der Waals surface area contributed by atoms with Crippen molar-refractivity contribution in [2.75, 3.05) is 26.3 Å². The lowest BCUT2D eigenvalue weighted by Crippen LogP contribution is -2.40. The van der Waals surface area contributed by atoms with E-state index in [0.717, 1.165) is 25.9 Å². The molecule has 0 aliphatic carbocycles. The summed E-state index contributed by atoms with van der Waals surface area (Å²) >= 11 is 0. The monoisotopic (exact) mass is 198 g/mol. The van der Waals surface area contributed by atoms with Gasteiger partial charge in [0.1, 0.15) is 0 Å². The number of carbonyl (C=O) groups is 1. The Labute approximate surface area is 86.4 Å². The fourth-order valence-corrected chi connectivity index (χ4v) is 1.56. The molecule has 81 valence electrons. The molecule has 3 nitrogen and oxygen atoms in total. The quantitative estimate of drug-likeness (QED) is 0.687. The lowest BCUT2D eigenvalue weighted by molar-refractivity contribution is -0.135. The number of hydrogen-bond donors (Lipinski definition) is 0. The van der Waals surface area contributed by atoms with Gasteiger partial charge in [0.25, 0.3) is 0 Å². The maximum absolute atomic E-state index is 11.6. The molecule has 0 spiro atoms. The van der Waals surface area contributed by atoms with Gasteiger partial charge in [-0.25, -0.2) is 0 Å². The van der Waals surface area contributed by atoms with Crippen molar-refractivity contribution in [2.24, 2.45) is 0 Å². The van der Waals surface area contributed by atoms with Crippen LogP contribution in [0.15, 0.2) is 0 Å². The molecule has 1 heterocycles. The van der Waals surface area contributed by atoms with Gasteiger partial charge in [0.15, 0.2) is 0 Å². The zero-order valence-corrected chi connectivity index (χ0v) is 9.21. The number of rotatable bonds is 4. The molecular weight excluding hydrogens is 178 g/mol. The van der Waals surface area contributed by atoms with Crippen molar-refractivity contribution in [1.29, 1.82) is 0 Å². The standard InChI is InChI=1S/C11H20NO2/c1-10(2)4-3-5-11(13)12-6-8-14-9-7-12/h3-9H2,1-2H3. The van der Waals surface area contributed by atoms with Crippen molar-refractivity contribution in [3.63, 3.8) is 0 Å². The highest BCUT2D eigenvalue weighted by molar-refractivity contribution is 5.76. The first-order valence-electron chi connectivity index (χ1n) is 5.34. The predicted octanol–water partition coefficient (Wildman–Crippen LogP) is 1.63. The van der Waals surface area contributed by atoms with E-state index in [1.807, 2.05) is 4.90 Å². The summed E-state index contributed by atoms with van der Waals surface area (Å²) in [7, 11) is 0. The van der Waals surface area contributed by atoms with Gasteiger partial charge in [0.2, 0.25) is 5.91 Å². The largest absolute Gasteiger partial charge is 0.378 e. The van der Waals surface area contributed by atoms with Gasteiger partial charge in [0.05, 0.1) is 13.2 Å². The van der Waals surface area contributed by atoms with Gasteiger partial charge >= 0.3 is 0 Å². The predicted molar refractivity (Wildman–Crippen MR) is 55.8 cm³/mol. The van der Waals surface area contributed by atoms with Crippen LogP contribution < -0.4 is 0 Å². The normalized spacial score (nSPS) is 17.5. The smallest absolute Gasteiger partial charge is 0.222 e. The van der Waals surface area contributed by atoms with Crippen molar-refractivity contribution < 1.29 is 9.53 Å². The van der Waals surface area contributed by atoms with E-state index in [1.54, 1.807) is 0 Å². The first kappa shape index (κ1) is 11.5. The summed E-state index contributed by atoms with van der Waals surface area (Å²) in [4.78, 5) is 13.6. The number of morpholine rings is 1. The molecule has 0 aromatic heterocycles. The molecular formula is C11H20NO2. The van der Waals surface area contributed by atoms with Gasteiger partial charge in [-0.15, -0.1) is 0 Å². The van der Waals surface area contributed by atoms with E-state index < -0.39 is 0 Å². The van der Waals surface area contributed by atoms with E-state index >= 15 is 0 Å². The maximum atomic E-state index is 11.6. The van der Waals surface area contributed by atoms with Gasteiger partial charge in [-0.05, 0) is 18.8 Å². The highest BCUT2D eigenvalue weighted by atomic mass is 16.5. The number of nitrogens with zero attached hydrogens (tertiary/aromatic N) is 1. The Bertz CT molecular complexity index is 174. The molecule has 0 bridgehead atoms. The van der Waals surface area contributed by atoms with Crippen LogP contribution in [0.5, 0.6) is 0 Å². The second-order valence-corrected chi connectivity index (χ2v) is 4.05. The minimum atomic E-state index is 0.287. The Morgan fingerprint density at radius 2 is 1.86 bits per heavy atom. The number of ether oxygens (including phenoxy) is 1. The number of amides is 1. The molecule has 14 heavy (non-hydrogen) atoms. The first-order chi connectivity index (χ1) is 6.70. The molecule has 1 aliphatic rings. The minimum Gasteiger partial charge on any atom is -0.378 e. The number of carbonyl (C=O) groups excluding carboxylic acids is 1. The van der Waals surface area contributed by atoms with Crippen molar-refractivity contribution in [3.8, 4) is 0 Å². The Balaban J connectivity index is 2.13. The number of hydrogen-bond acceptors (Lipinski definition) is 2. The van der Waals surface area contributed by atoms with Crippen LogP contribution in [0.3, 0.4) is 0 Å². The molecule has 1 rings (SSSR count). The topological polar surface area (TPSA) is 29.5 Å². The highest BCUT2D eigenvalue weighted by Crippen LogP contribution is 2.10. The molecule has 0 aromatic carbocycles. The van der Waals surface area contributed by atoms with E-state index in [2.05, 4.69) is 13.8 Å². The fourth-order valence-electron chi connectivity index (χ4n) is 1.56. The van der Waals surface area contributed by atoms with Crippen LogP contribution in [-0.2, 0) is 9.53 Å². The van der Waals surface area contributed by atoms with Crippen molar-refractivity contribution in [3.05, 3.63) is 5.92 Å². The van der Waals surface area contributed by atoms with Crippen LogP contribution in [0, 0.1) is 5.92 Å². The van der Waals surface area contributed by atoms with E-state index in [4.69, 9.17) is 4.74 Å². The van der Waals surface area contributed by atoms with E-state index in [9.17, 15) is 4.79 Å². The second kappa shape index (κ2) is 6.02. The Kier molecular flexibility index (Phi) is 4.94. The van der Waals surface area contributed by atoms with Crippen LogP contribution >= 0.6 is 0 Å². The molecule has 0 N–H and O–H groups in total. The third-order valence-electron chi connectivity index (χ3n) is 2.43. The van der Waals surface area contributed by atoms with E-state index in [1.165, 1.54) is 5.92 Å². The summed E-state index contributed by atoms with van der Waals surface area (Å²) in [5, 5.41) is 0. The van der Waals surface area contributed by atoms with Crippen LogP contribution in [0.2, 0.25) is 0 Å². The molecule has 0 aromatic rings. The lowest BCUT2D eigenvalue weighted by atomic mass is 10.1. The maximum Gasteiger partial charge on any atom is 0.222 e. The Morgan fingerprint density at radius 1 is 1.21 bits per heavy atom. The van der Waals surface area contributed by atoms with Gasteiger partial charge in [0, 0.05) is 19.5 Å². The molecule has 0 unspecified atom stereocenters. The first-order valence-corrected chi connectivity index (χ1v) is 5.34. The summed E-state index contributed by atoms with van der Waals surface area (Å²) in [6.45, 7) is 7.16. The zero-order valence-electron chi connectivity index (χ0n) is 9.21. The lowest BCUT2D eigenvalue weighted by Gasteiger charge is -2.26. The van der Waals surface area contributed by atoms with Gasteiger partial charge in [-0.3, -0.25) is 4.79 Å². The van der Waals surface area contributed by atoms with Gasteiger partial charge in [-0.2, -0.15) is 0 Å². The van der Waals surface area contributed by atoms with Gasteiger partial charge < -0.3 is 9.64 Å². The third kappa shape index (κ3) is 4.09. The SMILES string of the molecule is C[C](C)CCCC(=O)N1CCOCC1. The Morgan fingerprint density at radius 3 is 2.43 bits per heavy atom. The van der Waals surface area contributed by atoms with Gasteiger partial charge in [-0.1, -0.05) is 13.8 Å². The summed E-state index contributed by atoms with van der Waals surface area (Å²) in [6, 6.07) is 0. The molecule has 1 fully saturated rings. The summed E-state index contributed by atoms with van der Waals surface area (Å²) in [6.07, 6.45) is 2.74. The van der Waals surface area contributed by atoms with E-state index in [-0.39, 0.29) is 5.91 Å². The minimum absolute atomic E-state index is 0.287. The van der Waals surface area contributed by atoms with Crippen LogP contribution in [-0.4, -0.2) is 37.1 Å². The molecule has 3 heteroatoms. The molecule has 1 aliphatic heterocycles. The zero-order chi connectivity index (χ0) is 10.4. The van der Waals surface area contributed by atoms with Crippen LogP contribution in [0.1, 0.15) is 33.1 Å². The second-order valence-electron chi connectivity index (χ2n) is 4.05. The molecule has 1 saturated heterocycles. The van der Waals surface area contributed by atoms with Crippen molar-refractivity contribution in [1.82, 2.24) is 4.90 Å². The highest BCUT2D eigenvalue weighted by Gasteiger charge is 2.15. The molecule has 1 radical (unpaired) electrons. The Hall–Kier alpha value is -0.570. The molecule has 0 atom stereocenters. The van der Waals surface area contributed by atoms with E-state index in [0.29, 0.717) is 19.6 Å². The average Bonchev–Trinajstić information content (AvgIpc) is 2.18. The van der Waals surface area contributed by atoms with Crippen LogP contribution in [0.4, 0.5) is 0 Å². The molecule has 0 saturated carbocycles. The van der Waals surface area contributed by atoms with Crippen LogP contribution in [0.25, 0.3) is 0 Å².